The van der Waals surface area contributed by atoms with Crippen molar-refractivity contribution in [2.24, 2.45) is 0 Å². The van der Waals surface area contributed by atoms with Crippen LogP contribution in [0.5, 0.6) is 11.5 Å². The number of hydrogen-bond donors (Lipinski definition) is 4. The Hall–Kier alpha value is -5.50. The SMILES string of the molecule is C.O=C(NCc1ccccc1)Nc1ccc2c(c1)OCO2.O=C(NCc1ccccc1)Nc1cccc2ccccc12. The second-order valence-corrected chi connectivity index (χ2v) is 9.18. The van der Waals surface area contributed by atoms with Crippen molar-refractivity contribution < 1.29 is 19.1 Å². The summed E-state index contributed by atoms with van der Waals surface area (Å²) in [6, 6.07) is 38.3. The first kappa shape index (κ1) is 29.5. The van der Waals surface area contributed by atoms with Crippen molar-refractivity contribution in [3.8, 4) is 11.5 Å². The van der Waals surface area contributed by atoms with Crippen molar-refractivity contribution in [3.05, 3.63) is 132 Å². The Labute approximate surface area is 245 Å². The third kappa shape index (κ3) is 8.25. The minimum atomic E-state index is -0.257. The van der Waals surface area contributed by atoms with Gasteiger partial charge in [-0.3, -0.25) is 0 Å². The molecule has 4 N–H and O–H groups in total. The molecule has 0 atom stereocenters. The van der Waals surface area contributed by atoms with E-state index in [0.717, 1.165) is 27.6 Å². The molecular formula is C34H34N4O4. The molecule has 0 saturated heterocycles. The molecule has 42 heavy (non-hydrogen) atoms. The van der Waals surface area contributed by atoms with E-state index in [9.17, 15) is 9.59 Å². The standard InChI is InChI=1S/C18H16N2O.C15H14N2O3.CH4/c21-18(19-13-14-7-2-1-3-8-14)20-17-12-6-10-15-9-4-5-11-16(15)17;18-15(16-9-11-4-2-1-3-5-11)17-12-6-7-13-14(8-12)20-10-19-13;/h1-12H,13H2,(H2,19,20,21);1-8H,9-10H2,(H2,16,17,18);1H4. The molecule has 0 unspecified atom stereocenters. The smallest absolute Gasteiger partial charge is 0.319 e. The second-order valence-electron chi connectivity index (χ2n) is 9.18. The molecule has 1 aliphatic rings. The first-order valence-electron chi connectivity index (χ1n) is 13.2. The van der Waals surface area contributed by atoms with Gasteiger partial charge in [-0.2, -0.15) is 0 Å². The highest BCUT2D eigenvalue weighted by Gasteiger charge is 2.14. The molecule has 0 aliphatic carbocycles. The summed E-state index contributed by atoms with van der Waals surface area (Å²) in [7, 11) is 0. The van der Waals surface area contributed by atoms with Crippen molar-refractivity contribution in [1.29, 1.82) is 0 Å². The van der Waals surface area contributed by atoms with E-state index in [-0.39, 0.29) is 26.3 Å². The Kier molecular flexibility index (Phi) is 10.4. The molecular weight excluding hydrogens is 528 g/mol. The predicted octanol–water partition coefficient (Wildman–Crippen LogP) is 7.53. The van der Waals surface area contributed by atoms with Crippen LogP contribution in [0.4, 0.5) is 21.0 Å². The lowest BCUT2D eigenvalue weighted by Gasteiger charge is -2.10. The monoisotopic (exact) mass is 562 g/mol. The fourth-order valence-corrected chi connectivity index (χ4v) is 4.21. The average molecular weight is 563 g/mol. The van der Waals surface area contributed by atoms with Gasteiger partial charge >= 0.3 is 12.1 Å². The average Bonchev–Trinajstić information content (AvgIpc) is 3.49. The molecule has 5 aromatic rings. The van der Waals surface area contributed by atoms with Gasteiger partial charge in [0.1, 0.15) is 0 Å². The van der Waals surface area contributed by atoms with E-state index in [0.29, 0.717) is 30.3 Å². The number of amides is 4. The van der Waals surface area contributed by atoms with Gasteiger partial charge in [0.25, 0.3) is 0 Å². The zero-order valence-corrected chi connectivity index (χ0v) is 22.3. The van der Waals surface area contributed by atoms with Crippen molar-refractivity contribution >= 4 is 34.2 Å². The number of carbonyl (C=O) groups is 2. The van der Waals surface area contributed by atoms with E-state index in [1.54, 1.807) is 18.2 Å². The highest BCUT2D eigenvalue weighted by molar-refractivity contribution is 6.01. The lowest BCUT2D eigenvalue weighted by atomic mass is 10.1. The molecule has 4 amide bonds. The summed E-state index contributed by atoms with van der Waals surface area (Å²) in [5.74, 6) is 1.34. The Morgan fingerprint density at radius 3 is 1.86 bits per heavy atom. The van der Waals surface area contributed by atoms with Gasteiger partial charge < -0.3 is 30.7 Å². The lowest BCUT2D eigenvalue weighted by molar-refractivity contribution is 0.174. The van der Waals surface area contributed by atoms with Crippen LogP contribution in [0.15, 0.2) is 121 Å². The van der Waals surface area contributed by atoms with E-state index in [2.05, 4.69) is 21.3 Å². The molecule has 0 radical (unpaired) electrons. The summed E-state index contributed by atoms with van der Waals surface area (Å²) in [5, 5.41) is 13.5. The number of nitrogens with one attached hydrogen (secondary N) is 4. The largest absolute Gasteiger partial charge is 0.454 e. The molecule has 214 valence electrons. The molecule has 1 heterocycles. The summed E-state index contributed by atoms with van der Waals surface area (Å²) >= 11 is 0. The van der Waals surface area contributed by atoms with Crippen molar-refractivity contribution in [3.63, 3.8) is 0 Å². The van der Waals surface area contributed by atoms with Crippen LogP contribution in [0.25, 0.3) is 10.8 Å². The minimum absolute atomic E-state index is 0. The summed E-state index contributed by atoms with van der Waals surface area (Å²) in [5.41, 5.74) is 3.61. The topological polar surface area (TPSA) is 101 Å². The third-order valence-corrected chi connectivity index (χ3v) is 6.26. The van der Waals surface area contributed by atoms with E-state index in [4.69, 9.17) is 9.47 Å². The first-order chi connectivity index (χ1) is 20.1. The van der Waals surface area contributed by atoms with Crippen LogP contribution in [0.3, 0.4) is 0 Å². The minimum Gasteiger partial charge on any atom is -0.454 e. The van der Waals surface area contributed by atoms with E-state index < -0.39 is 0 Å². The summed E-state index contributed by atoms with van der Waals surface area (Å²) < 4.78 is 10.5. The number of benzene rings is 5. The molecule has 0 bridgehead atoms. The zero-order valence-electron chi connectivity index (χ0n) is 22.3. The lowest BCUT2D eigenvalue weighted by Crippen LogP contribution is -2.28. The van der Waals surface area contributed by atoms with Crippen molar-refractivity contribution in [2.45, 2.75) is 20.5 Å². The Morgan fingerprint density at radius 1 is 0.595 bits per heavy atom. The van der Waals surface area contributed by atoms with E-state index >= 15 is 0 Å². The molecule has 8 heteroatoms. The molecule has 0 fully saturated rings. The van der Waals surface area contributed by atoms with Crippen molar-refractivity contribution in [2.75, 3.05) is 17.4 Å². The molecule has 6 rings (SSSR count). The number of urea groups is 2. The predicted molar refractivity (Wildman–Crippen MR) is 168 cm³/mol. The number of carbonyl (C=O) groups excluding carboxylic acids is 2. The van der Waals surface area contributed by atoms with Gasteiger partial charge in [0.2, 0.25) is 6.79 Å². The molecule has 1 aliphatic heterocycles. The Balaban J connectivity index is 0.000000189. The first-order valence-corrected chi connectivity index (χ1v) is 13.2. The Morgan fingerprint density at radius 2 is 1.17 bits per heavy atom. The second kappa shape index (κ2) is 14.8. The highest BCUT2D eigenvalue weighted by Crippen LogP contribution is 2.34. The van der Waals surface area contributed by atoms with Gasteiger partial charge in [-0.1, -0.05) is 104 Å². The van der Waals surface area contributed by atoms with Gasteiger partial charge in [0.15, 0.2) is 11.5 Å². The maximum atomic E-state index is 12.0. The summed E-state index contributed by atoms with van der Waals surface area (Å²) in [4.78, 5) is 23.8. The number of rotatable bonds is 6. The maximum absolute atomic E-state index is 12.0. The van der Waals surface area contributed by atoms with Gasteiger partial charge in [0.05, 0.1) is 5.69 Å². The Bertz CT molecular complexity index is 1610. The van der Waals surface area contributed by atoms with Crippen LogP contribution >= 0.6 is 0 Å². The number of hydrogen-bond acceptors (Lipinski definition) is 4. The fraction of sp³-hybridized carbons (Fsp3) is 0.118. The van der Waals surface area contributed by atoms with Crippen LogP contribution in [0.1, 0.15) is 18.6 Å². The van der Waals surface area contributed by atoms with Gasteiger partial charge in [-0.05, 0) is 34.7 Å². The zero-order chi connectivity index (χ0) is 28.3. The van der Waals surface area contributed by atoms with Gasteiger partial charge in [-0.15, -0.1) is 0 Å². The maximum Gasteiger partial charge on any atom is 0.319 e. The third-order valence-electron chi connectivity index (χ3n) is 6.26. The fourth-order valence-electron chi connectivity index (χ4n) is 4.21. The molecule has 0 spiro atoms. The van der Waals surface area contributed by atoms with Crippen LogP contribution in [0.2, 0.25) is 0 Å². The van der Waals surface area contributed by atoms with Gasteiger partial charge in [0, 0.05) is 30.2 Å². The van der Waals surface area contributed by atoms with Gasteiger partial charge in [-0.25, -0.2) is 9.59 Å². The van der Waals surface area contributed by atoms with E-state index in [1.807, 2.05) is 103 Å². The molecule has 5 aromatic carbocycles. The molecule has 0 aromatic heterocycles. The van der Waals surface area contributed by atoms with Crippen LogP contribution in [-0.4, -0.2) is 18.9 Å². The quantitative estimate of drug-likeness (QED) is 0.172. The number of fused-ring (bicyclic) bond motifs is 2. The normalized spacial score (nSPS) is 10.9. The van der Waals surface area contributed by atoms with Crippen LogP contribution in [0, 0.1) is 0 Å². The summed E-state index contributed by atoms with van der Waals surface area (Å²) in [6.07, 6.45) is 0. The van der Waals surface area contributed by atoms with Crippen molar-refractivity contribution in [1.82, 2.24) is 10.6 Å². The van der Waals surface area contributed by atoms with Crippen LogP contribution in [-0.2, 0) is 13.1 Å². The van der Waals surface area contributed by atoms with Crippen LogP contribution < -0.4 is 30.7 Å². The molecule has 8 nitrogen and oxygen atoms in total. The highest BCUT2D eigenvalue weighted by atomic mass is 16.7. The number of anilines is 2. The number of ether oxygens (including phenoxy) is 2. The van der Waals surface area contributed by atoms with E-state index in [1.165, 1.54) is 0 Å². The molecule has 0 saturated carbocycles. The summed E-state index contributed by atoms with van der Waals surface area (Å²) in [6.45, 7) is 1.22.